The van der Waals surface area contributed by atoms with Crippen molar-refractivity contribution in [2.75, 3.05) is 13.2 Å². The van der Waals surface area contributed by atoms with Gasteiger partial charge in [0.05, 0.1) is 6.61 Å². The number of rotatable bonds is 8. The molecule has 13 heavy (non-hydrogen) atoms. The monoisotopic (exact) mass is 187 g/mol. The van der Waals surface area contributed by atoms with Crippen molar-refractivity contribution < 1.29 is 4.74 Å². The first-order chi connectivity index (χ1) is 6.20. The van der Waals surface area contributed by atoms with Gasteiger partial charge in [-0.25, -0.2) is 0 Å². The molecule has 0 aromatic rings. The van der Waals surface area contributed by atoms with E-state index >= 15 is 0 Å². The summed E-state index contributed by atoms with van der Waals surface area (Å²) in [5, 5.41) is 0. The Bertz CT molecular complexity index is 94.3. The maximum atomic E-state index is 5.82. The van der Waals surface area contributed by atoms with E-state index in [1.165, 1.54) is 12.8 Å². The van der Waals surface area contributed by atoms with Crippen molar-refractivity contribution in [1.29, 1.82) is 0 Å². The fourth-order valence-electron chi connectivity index (χ4n) is 1.45. The SMILES string of the molecule is CCCC(C)COCC(N)CCC. The molecule has 0 aromatic carbocycles. The van der Waals surface area contributed by atoms with Crippen LogP contribution in [0.5, 0.6) is 0 Å². The summed E-state index contributed by atoms with van der Waals surface area (Å²) in [6, 6.07) is 0.235. The van der Waals surface area contributed by atoms with E-state index in [0.29, 0.717) is 5.92 Å². The minimum Gasteiger partial charge on any atom is -0.380 e. The third kappa shape index (κ3) is 8.26. The lowest BCUT2D eigenvalue weighted by atomic mass is 10.1. The first kappa shape index (κ1) is 12.9. The quantitative estimate of drug-likeness (QED) is 0.634. The van der Waals surface area contributed by atoms with Crippen molar-refractivity contribution in [1.82, 2.24) is 0 Å². The molecule has 0 rings (SSSR count). The van der Waals surface area contributed by atoms with Crippen LogP contribution < -0.4 is 5.73 Å². The smallest absolute Gasteiger partial charge is 0.0617 e. The lowest BCUT2D eigenvalue weighted by Gasteiger charge is -2.14. The molecule has 0 saturated carbocycles. The molecule has 0 aromatic heterocycles. The van der Waals surface area contributed by atoms with Crippen LogP contribution in [0.15, 0.2) is 0 Å². The number of nitrogens with two attached hydrogens (primary N) is 1. The second-order valence-corrected chi connectivity index (χ2v) is 3.98. The molecule has 0 bridgehead atoms. The largest absolute Gasteiger partial charge is 0.380 e. The first-order valence-corrected chi connectivity index (χ1v) is 5.54. The van der Waals surface area contributed by atoms with Gasteiger partial charge in [0.1, 0.15) is 0 Å². The summed E-state index contributed by atoms with van der Waals surface area (Å²) in [4.78, 5) is 0. The number of hydrogen-bond donors (Lipinski definition) is 1. The van der Waals surface area contributed by atoms with E-state index in [2.05, 4.69) is 20.8 Å². The molecule has 0 heterocycles. The summed E-state index contributed by atoms with van der Waals surface area (Å²) in [7, 11) is 0. The topological polar surface area (TPSA) is 35.2 Å². The predicted octanol–water partition coefficient (Wildman–Crippen LogP) is 2.57. The van der Waals surface area contributed by atoms with E-state index in [0.717, 1.165) is 26.1 Å². The van der Waals surface area contributed by atoms with Crippen LogP contribution in [0.25, 0.3) is 0 Å². The van der Waals surface area contributed by atoms with Crippen molar-refractivity contribution >= 4 is 0 Å². The van der Waals surface area contributed by atoms with Crippen molar-refractivity contribution in [2.24, 2.45) is 11.7 Å². The molecule has 0 radical (unpaired) electrons. The van der Waals surface area contributed by atoms with Crippen LogP contribution in [-0.2, 0) is 4.74 Å². The highest BCUT2D eigenvalue weighted by atomic mass is 16.5. The Hall–Kier alpha value is -0.0800. The molecule has 0 fully saturated rings. The van der Waals surface area contributed by atoms with E-state index in [4.69, 9.17) is 10.5 Å². The van der Waals surface area contributed by atoms with Gasteiger partial charge in [0.2, 0.25) is 0 Å². The molecule has 80 valence electrons. The van der Waals surface area contributed by atoms with Crippen LogP contribution in [0.2, 0.25) is 0 Å². The zero-order chi connectivity index (χ0) is 10.1. The minimum atomic E-state index is 0.235. The molecule has 2 unspecified atom stereocenters. The summed E-state index contributed by atoms with van der Waals surface area (Å²) in [5.41, 5.74) is 5.82. The minimum absolute atomic E-state index is 0.235. The second-order valence-electron chi connectivity index (χ2n) is 3.98. The van der Waals surface area contributed by atoms with Gasteiger partial charge in [0, 0.05) is 12.6 Å². The van der Waals surface area contributed by atoms with E-state index in [1.807, 2.05) is 0 Å². The third-order valence-electron chi connectivity index (χ3n) is 2.18. The van der Waals surface area contributed by atoms with Gasteiger partial charge in [-0.3, -0.25) is 0 Å². The summed E-state index contributed by atoms with van der Waals surface area (Å²) in [6.45, 7) is 8.18. The standard InChI is InChI=1S/C11H25NO/c1-4-6-10(3)8-13-9-11(12)7-5-2/h10-11H,4-9,12H2,1-3H3. The third-order valence-corrected chi connectivity index (χ3v) is 2.18. The van der Waals surface area contributed by atoms with Gasteiger partial charge in [-0.1, -0.05) is 33.6 Å². The molecule has 0 saturated heterocycles. The molecule has 0 aliphatic rings. The average molecular weight is 187 g/mol. The lowest BCUT2D eigenvalue weighted by molar-refractivity contribution is 0.0891. The van der Waals surface area contributed by atoms with Gasteiger partial charge >= 0.3 is 0 Å². The zero-order valence-electron chi connectivity index (χ0n) is 9.38. The van der Waals surface area contributed by atoms with Crippen molar-refractivity contribution in [3.8, 4) is 0 Å². The van der Waals surface area contributed by atoms with E-state index in [-0.39, 0.29) is 6.04 Å². The van der Waals surface area contributed by atoms with E-state index in [9.17, 15) is 0 Å². The van der Waals surface area contributed by atoms with Gasteiger partial charge in [0.25, 0.3) is 0 Å². The van der Waals surface area contributed by atoms with Gasteiger partial charge in [-0.2, -0.15) is 0 Å². The van der Waals surface area contributed by atoms with Crippen LogP contribution in [0.3, 0.4) is 0 Å². The maximum Gasteiger partial charge on any atom is 0.0617 e. The zero-order valence-corrected chi connectivity index (χ0v) is 9.38. The Morgan fingerprint density at radius 1 is 1.08 bits per heavy atom. The Morgan fingerprint density at radius 3 is 2.23 bits per heavy atom. The van der Waals surface area contributed by atoms with Gasteiger partial charge in [-0.05, 0) is 18.8 Å². The van der Waals surface area contributed by atoms with Crippen molar-refractivity contribution in [3.63, 3.8) is 0 Å². The Balaban J connectivity index is 3.23. The molecule has 0 amide bonds. The highest BCUT2D eigenvalue weighted by Gasteiger charge is 2.03. The molecule has 0 spiro atoms. The Labute approximate surface area is 82.8 Å². The highest BCUT2D eigenvalue weighted by molar-refractivity contribution is 4.59. The van der Waals surface area contributed by atoms with Gasteiger partial charge < -0.3 is 10.5 Å². The van der Waals surface area contributed by atoms with Gasteiger partial charge in [-0.15, -0.1) is 0 Å². The summed E-state index contributed by atoms with van der Waals surface area (Å²) >= 11 is 0. The first-order valence-electron chi connectivity index (χ1n) is 5.54. The van der Waals surface area contributed by atoms with Gasteiger partial charge in [0.15, 0.2) is 0 Å². The predicted molar refractivity (Wildman–Crippen MR) is 57.8 cm³/mol. The second kappa shape index (κ2) is 8.52. The fraction of sp³-hybridized carbons (Fsp3) is 1.00. The Morgan fingerprint density at radius 2 is 1.69 bits per heavy atom. The fourth-order valence-corrected chi connectivity index (χ4v) is 1.45. The molecule has 2 N–H and O–H groups in total. The van der Waals surface area contributed by atoms with Crippen LogP contribution >= 0.6 is 0 Å². The molecular formula is C11H25NO. The van der Waals surface area contributed by atoms with Crippen LogP contribution in [-0.4, -0.2) is 19.3 Å². The van der Waals surface area contributed by atoms with Crippen molar-refractivity contribution in [2.45, 2.75) is 52.5 Å². The van der Waals surface area contributed by atoms with Crippen LogP contribution in [0.4, 0.5) is 0 Å². The lowest BCUT2D eigenvalue weighted by Crippen LogP contribution is -2.26. The van der Waals surface area contributed by atoms with Crippen LogP contribution in [0, 0.1) is 5.92 Å². The maximum absolute atomic E-state index is 5.82. The highest BCUT2D eigenvalue weighted by Crippen LogP contribution is 2.05. The molecule has 0 aliphatic carbocycles. The molecule has 2 nitrogen and oxygen atoms in total. The average Bonchev–Trinajstić information content (AvgIpc) is 2.05. The summed E-state index contributed by atoms with van der Waals surface area (Å²) in [6.07, 6.45) is 4.71. The van der Waals surface area contributed by atoms with E-state index < -0.39 is 0 Å². The van der Waals surface area contributed by atoms with E-state index in [1.54, 1.807) is 0 Å². The van der Waals surface area contributed by atoms with Crippen LogP contribution in [0.1, 0.15) is 46.5 Å². The summed E-state index contributed by atoms with van der Waals surface area (Å²) < 4.78 is 5.54. The molecular weight excluding hydrogens is 162 g/mol. The Kier molecular flexibility index (Phi) is 8.46. The number of ether oxygens (including phenoxy) is 1. The molecule has 2 heteroatoms. The summed E-state index contributed by atoms with van der Waals surface area (Å²) in [5.74, 6) is 0.679. The molecule has 0 aliphatic heterocycles. The normalized spacial score (nSPS) is 15.7. The van der Waals surface area contributed by atoms with Crippen molar-refractivity contribution in [3.05, 3.63) is 0 Å². The molecule has 2 atom stereocenters. The number of hydrogen-bond acceptors (Lipinski definition) is 2.